The highest BCUT2D eigenvalue weighted by Crippen LogP contribution is 2.21. The Morgan fingerprint density at radius 2 is 0.967 bits per heavy atom. The van der Waals surface area contributed by atoms with Crippen molar-refractivity contribution in [2.75, 3.05) is 6.61 Å². The minimum Gasteiger partial charge on any atom is -0.481 e. The second-order valence-electron chi connectivity index (χ2n) is 13.7. The molecule has 0 unspecified atom stereocenters. The van der Waals surface area contributed by atoms with Crippen LogP contribution in [-0.2, 0) is 56.0 Å². The second kappa shape index (κ2) is 20.9. The van der Waals surface area contributed by atoms with Crippen molar-refractivity contribution in [3.05, 3.63) is 72.1 Å². The van der Waals surface area contributed by atoms with Crippen LogP contribution in [0.25, 0.3) is 21.8 Å². The molecule has 0 spiro atoms. The highest BCUT2D eigenvalue weighted by Gasteiger charge is 2.34. The Morgan fingerprint density at radius 1 is 0.533 bits per heavy atom. The Morgan fingerprint density at radius 3 is 1.48 bits per heavy atom. The zero-order valence-corrected chi connectivity index (χ0v) is 31.7. The molecule has 4 rings (SSSR count). The van der Waals surface area contributed by atoms with Gasteiger partial charge in [-0.2, -0.15) is 0 Å². The molecule has 4 aromatic rings. The van der Waals surface area contributed by atoms with Crippen LogP contribution in [0.4, 0.5) is 0 Å². The first-order chi connectivity index (χ1) is 28.5. The number of carbonyl (C=O) groups is 9. The summed E-state index contributed by atoms with van der Waals surface area (Å²) in [4.78, 5) is 119. The molecule has 0 bridgehead atoms. The van der Waals surface area contributed by atoms with Crippen LogP contribution in [0.1, 0.15) is 36.8 Å². The van der Waals surface area contributed by atoms with E-state index < -0.39 is 122 Å². The van der Waals surface area contributed by atoms with E-state index >= 15 is 0 Å². The summed E-state index contributed by atoms with van der Waals surface area (Å²) in [5.74, 6) is -11.7. The fraction of sp³-hybridized carbons (Fsp3) is 0.342. The van der Waals surface area contributed by atoms with Gasteiger partial charge < -0.3 is 67.8 Å². The number of rotatable bonds is 23. The molecule has 2 heterocycles. The van der Waals surface area contributed by atoms with Gasteiger partial charge in [-0.25, -0.2) is 4.79 Å². The molecule has 0 aliphatic rings. The molecule has 60 heavy (non-hydrogen) atoms. The number of benzene rings is 2. The van der Waals surface area contributed by atoms with Crippen molar-refractivity contribution in [2.45, 2.75) is 74.8 Å². The summed E-state index contributed by atoms with van der Waals surface area (Å²) in [6, 6.07) is 3.56. The summed E-state index contributed by atoms with van der Waals surface area (Å²) < 4.78 is 0. The molecule has 22 nitrogen and oxygen atoms in total. The van der Waals surface area contributed by atoms with Crippen molar-refractivity contribution >= 4 is 75.2 Å². The molecule has 0 fully saturated rings. The van der Waals surface area contributed by atoms with Gasteiger partial charge >= 0.3 is 23.9 Å². The molecule has 320 valence electrons. The zero-order valence-electron chi connectivity index (χ0n) is 31.7. The van der Waals surface area contributed by atoms with Crippen LogP contribution in [0.2, 0.25) is 0 Å². The highest BCUT2D eigenvalue weighted by atomic mass is 16.4. The third kappa shape index (κ3) is 12.6. The first-order valence-electron chi connectivity index (χ1n) is 18.3. The van der Waals surface area contributed by atoms with E-state index in [2.05, 4.69) is 36.6 Å². The van der Waals surface area contributed by atoms with Gasteiger partial charge in [0.2, 0.25) is 29.5 Å². The summed E-state index contributed by atoms with van der Waals surface area (Å²) in [5.41, 5.74) is 8.08. The molecule has 0 radical (unpaired) electrons. The Kier molecular flexibility index (Phi) is 15.8. The predicted molar refractivity (Wildman–Crippen MR) is 208 cm³/mol. The topological polar surface area (TPSA) is 373 Å². The van der Waals surface area contributed by atoms with Gasteiger partial charge in [-0.1, -0.05) is 36.4 Å². The molecule has 0 saturated heterocycles. The molecule has 22 heteroatoms. The van der Waals surface area contributed by atoms with Crippen molar-refractivity contribution in [1.82, 2.24) is 36.6 Å². The van der Waals surface area contributed by atoms with Gasteiger partial charge in [-0.3, -0.25) is 38.4 Å². The number of nitrogens with one attached hydrogen (secondary N) is 7. The molecule has 6 atom stereocenters. The number of amides is 5. The number of para-hydroxylation sites is 2. The van der Waals surface area contributed by atoms with Crippen molar-refractivity contribution in [2.24, 2.45) is 5.73 Å². The van der Waals surface area contributed by atoms with E-state index in [1.807, 2.05) is 0 Å². The van der Waals surface area contributed by atoms with Crippen LogP contribution in [0.3, 0.4) is 0 Å². The van der Waals surface area contributed by atoms with E-state index in [9.17, 15) is 63.6 Å². The van der Waals surface area contributed by atoms with Crippen LogP contribution in [0, 0.1) is 0 Å². The lowest BCUT2D eigenvalue weighted by Gasteiger charge is -2.26. The minimum atomic E-state index is -1.96. The number of carbonyl (C=O) groups excluding carboxylic acids is 5. The average Bonchev–Trinajstić information content (AvgIpc) is 3.80. The van der Waals surface area contributed by atoms with Crippen LogP contribution < -0.4 is 32.3 Å². The maximum absolute atomic E-state index is 13.7. The quantitative estimate of drug-likeness (QED) is 0.0387. The van der Waals surface area contributed by atoms with E-state index in [0.29, 0.717) is 32.9 Å². The highest BCUT2D eigenvalue weighted by molar-refractivity contribution is 5.98. The van der Waals surface area contributed by atoms with Crippen LogP contribution >= 0.6 is 0 Å². The molecule has 0 aliphatic heterocycles. The Labute approximate surface area is 339 Å². The maximum atomic E-state index is 13.7. The van der Waals surface area contributed by atoms with Gasteiger partial charge in [0, 0.05) is 53.5 Å². The number of nitrogens with two attached hydrogens (primary N) is 1. The SMILES string of the molecule is N[C@@H](CC(=O)O)C(=O)N[C@@H](Cc1c[nH]c2ccccc12)C(=O)N[C@@H](CC(=O)O)C(=O)N[C@@H](CO)C(=O)N[C@@H](CCC(=O)O)C(=O)N[C@@H](Cc1c[nH]c2ccccc12)C(=O)O. The Balaban J connectivity index is 1.50. The first-order valence-corrected chi connectivity index (χ1v) is 18.3. The van der Waals surface area contributed by atoms with Crippen LogP contribution in [0.5, 0.6) is 0 Å². The lowest BCUT2D eigenvalue weighted by molar-refractivity contribution is -0.143. The van der Waals surface area contributed by atoms with Gasteiger partial charge in [-0.05, 0) is 29.7 Å². The zero-order chi connectivity index (χ0) is 44.1. The fourth-order valence-corrected chi connectivity index (χ4v) is 6.21. The smallest absolute Gasteiger partial charge is 0.326 e. The maximum Gasteiger partial charge on any atom is 0.326 e. The number of fused-ring (bicyclic) bond motifs is 2. The monoisotopic (exact) mass is 836 g/mol. The number of carboxylic acid groups (broad SMARTS) is 4. The number of aliphatic carboxylic acids is 4. The molecule has 2 aromatic carbocycles. The predicted octanol–water partition coefficient (Wildman–Crippen LogP) is -1.92. The summed E-state index contributed by atoms with van der Waals surface area (Å²) in [7, 11) is 0. The standard InChI is InChI=1S/C38H44N8O14/c39-22(13-31(50)51)33(54)43-26(11-18-15-40-23-7-3-1-5-20(18)23)35(56)44-27(14-32(52)53)36(57)46-29(17-47)37(58)42-25(9-10-30(48)49)34(55)45-28(38(59)60)12-19-16-41-24-8-4-2-6-21(19)24/h1-8,15-16,22,25-29,40-41,47H,9-14,17,39H2,(H,42,58)(H,43,54)(H,44,56)(H,45,55)(H,46,57)(H,48,49)(H,50,51)(H,52,53)(H,59,60)/t22-,25-,26-,27-,28-,29-/m0/s1. The first kappa shape index (κ1) is 45.4. The van der Waals surface area contributed by atoms with Gasteiger partial charge in [0.25, 0.3) is 0 Å². The number of hydrogen-bond acceptors (Lipinski definition) is 11. The summed E-state index contributed by atoms with van der Waals surface area (Å²) in [6.07, 6.45) is -0.494. The van der Waals surface area contributed by atoms with Gasteiger partial charge in [0.15, 0.2) is 0 Å². The van der Waals surface area contributed by atoms with E-state index in [4.69, 9.17) is 10.8 Å². The molecule has 2 aromatic heterocycles. The van der Waals surface area contributed by atoms with Crippen molar-refractivity contribution in [3.8, 4) is 0 Å². The third-order valence-electron chi connectivity index (χ3n) is 9.28. The lowest BCUT2D eigenvalue weighted by Crippen LogP contribution is -2.60. The van der Waals surface area contributed by atoms with Crippen molar-refractivity contribution in [1.29, 1.82) is 0 Å². The van der Waals surface area contributed by atoms with E-state index in [1.165, 1.54) is 6.20 Å². The summed E-state index contributed by atoms with van der Waals surface area (Å²) in [5, 5.41) is 60.4. The molecule has 0 aliphatic carbocycles. The van der Waals surface area contributed by atoms with Crippen molar-refractivity contribution < 1.29 is 68.7 Å². The van der Waals surface area contributed by atoms with Gasteiger partial charge in [0.1, 0.15) is 30.2 Å². The second-order valence-corrected chi connectivity index (χ2v) is 13.7. The number of aliphatic hydroxyl groups is 1. The lowest BCUT2D eigenvalue weighted by atomic mass is 10.0. The van der Waals surface area contributed by atoms with E-state index in [-0.39, 0.29) is 12.8 Å². The van der Waals surface area contributed by atoms with Crippen LogP contribution in [0.15, 0.2) is 60.9 Å². The molecular formula is C38H44N8O14. The van der Waals surface area contributed by atoms with E-state index in [1.54, 1.807) is 54.7 Å². The Hall–Kier alpha value is -7.33. The fourth-order valence-electron chi connectivity index (χ4n) is 6.21. The largest absolute Gasteiger partial charge is 0.481 e. The van der Waals surface area contributed by atoms with E-state index in [0.717, 1.165) is 0 Å². The number of hydrogen-bond donors (Lipinski definition) is 13. The molecular weight excluding hydrogens is 792 g/mol. The third-order valence-corrected chi connectivity index (χ3v) is 9.28. The van der Waals surface area contributed by atoms with Crippen LogP contribution in [-0.4, -0.2) is 132 Å². The Bertz CT molecular complexity index is 2250. The minimum absolute atomic E-state index is 0.210. The van der Waals surface area contributed by atoms with Crippen molar-refractivity contribution in [3.63, 3.8) is 0 Å². The summed E-state index contributed by atoms with van der Waals surface area (Å²) >= 11 is 0. The number of aromatic amines is 2. The number of H-pyrrole nitrogens is 2. The normalized spacial score (nSPS) is 14.1. The number of carboxylic acids is 4. The average molecular weight is 837 g/mol. The number of aromatic nitrogens is 2. The molecule has 14 N–H and O–H groups in total. The summed E-state index contributed by atoms with van der Waals surface area (Å²) in [6.45, 7) is -1.16. The van der Waals surface area contributed by atoms with Gasteiger partial charge in [-0.15, -0.1) is 0 Å². The molecule has 0 saturated carbocycles. The number of aliphatic hydroxyl groups excluding tert-OH is 1. The van der Waals surface area contributed by atoms with Gasteiger partial charge in [0.05, 0.1) is 25.5 Å². The molecule has 5 amide bonds.